The molecule has 0 aliphatic heterocycles. The monoisotopic (exact) mass is 444 g/mol. The average Bonchev–Trinajstić information content (AvgIpc) is 3.39. The number of methoxy groups -OCH3 is 1. The van der Waals surface area contributed by atoms with Gasteiger partial charge in [0.15, 0.2) is 11.3 Å². The molecule has 2 atom stereocenters. The molecule has 0 bridgehead atoms. The zero-order valence-corrected chi connectivity index (χ0v) is 18.4. The van der Waals surface area contributed by atoms with Gasteiger partial charge in [-0.3, -0.25) is 0 Å². The molecule has 6 rings (SSSR count). The van der Waals surface area contributed by atoms with E-state index in [9.17, 15) is 4.39 Å². The third-order valence-electron chi connectivity index (χ3n) is 6.17. The minimum atomic E-state index is -0.524. The first-order valence-corrected chi connectivity index (χ1v) is 10.8. The highest BCUT2D eigenvalue weighted by Crippen LogP contribution is 2.55. The number of nitrogens with zero attached hydrogens (tertiary/aromatic N) is 8. The number of hydrogen-bond acceptors (Lipinski definition) is 7. The van der Waals surface area contributed by atoms with Crippen molar-refractivity contribution in [2.45, 2.75) is 38.6 Å². The smallest absolute Gasteiger partial charge is 0.234 e. The molecule has 9 nitrogen and oxygen atoms in total. The van der Waals surface area contributed by atoms with Gasteiger partial charge in [-0.15, -0.1) is 0 Å². The van der Waals surface area contributed by atoms with Crippen LogP contribution < -0.4 is 4.74 Å². The third kappa shape index (κ3) is 3.12. The SMILES string of the molecule is CCn1ncc2ccc([C@H]3C[C@@H]3c3cc(-c4cnc(C)nc4OC)nn4c(F)cnc34)nc21. The Balaban J connectivity index is 1.44. The molecule has 1 aliphatic carbocycles. The quantitative estimate of drug-likeness (QED) is 0.408. The Kier molecular flexibility index (Phi) is 4.36. The maximum Gasteiger partial charge on any atom is 0.234 e. The van der Waals surface area contributed by atoms with E-state index in [2.05, 4.69) is 37.3 Å². The highest BCUT2D eigenvalue weighted by molar-refractivity contribution is 5.75. The van der Waals surface area contributed by atoms with Crippen LogP contribution in [0.25, 0.3) is 27.9 Å². The number of rotatable bonds is 5. The van der Waals surface area contributed by atoms with E-state index in [1.54, 1.807) is 20.2 Å². The molecular weight excluding hydrogens is 423 g/mol. The van der Waals surface area contributed by atoms with Gasteiger partial charge in [-0.2, -0.15) is 24.1 Å². The van der Waals surface area contributed by atoms with Crippen LogP contribution in [-0.4, -0.2) is 46.4 Å². The van der Waals surface area contributed by atoms with Crippen LogP contribution in [0.1, 0.15) is 42.3 Å². The molecule has 0 unspecified atom stereocenters. The highest BCUT2D eigenvalue weighted by atomic mass is 19.1. The lowest BCUT2D eigenvalue weighted by molar-refractivity contribution is 0.397. The summed E-state index contributed by atoms with van der Waals surface area (Å²) < 4.78 is 23.1. The van der Waals surface area contributed by atoms with Gasteiger partial charge >= 0.3 is 0 Å². The van der Waals surface area contributed by atoms with Gasteiger partial charge in [-0.05, 0) is 44.4 Å². The molecule has 1 fully saturated rings. The van der Waals surface area contributed by atoms with Crippen LogP contribution in [0.4, 0.5) is 4.39 Å². The van der Waals surface area contributed by atoms with Gasteiger partial charge in [0.05, 0.1) is 30.8 Å². The molecule has 0 aromatic carbocycles. The lowest BCUT2D eigenvalue weighted by Gasteiger charge is -2.10. The molecular formula is C23H21FN8O. The first-order chi connectivity index (χ1) is 16.1. The predicted octanol–water partition coefficient (Wildman–Crippen LogP) is 3.68. The summed E-state index contributed by atoms with van der Waals surface area (Å²) in [5.41, 5.74) is 4.45. The van der Waals surface area contributed by atoms with E-state index in [1.807, 2.05) is 23.9 Å². The fraction of sp³-hybridized carbons (Fsp3) is 0.304. The van der Waals surface area contributed by atoms with Gasteiger partial charge in [-0.25, -0.2) is 19.6 Å². The van der Waals surface area contributed by atoms with E-state index in [1.165, 1.54) is 10.7 Å². The third-order valence-corrected chi connectivity index (χ3v) is 6.17. The summed E-state index contributed by atoms with van der Waals surface area (Å²) in [6, 6.07) is 6.05. The number of pyridine rings is 1. The largest absolute Gasteiger partial charge is 0.480 e. The maximum absolute atomic E-state index is 14.5. The van der Waals surface area contributed by atoms with Crippen LogP contribution in [0, 0.1) is 12.9 Å². The van der Waals surface area contributed by atoms with Gasteiger partial charge in [-0.1, -0.05) is 0 Å². The average molecular weight is 444 g/mol. The topological polar surface area (TPSA) is 95.9 Å². The standard InChI is InChI=1S/C23H21FN8O/c1-4-31-21-13(9-27-31)5-6-18(29-21)15-7-14(15)16-8-19(30-32-20(24)11-26-22(16)32)17-10-25-12(2)28-23(17)33-3/h5-6,8-11,14-15H,4,7H2,1-3H3/t14-,15-/m0/s1. The molecule has 0 saturated heterocycles. The summed E-state index contributed by atoms with van der Waals surface area (Å²) in [5, 5.41) is 9.87. The first-order valence-electron chi connectivity index (χ1n) is 10.8. The molecule has 166 valence electrons. The molecule has 5 aromatic rings. The molecule has 1 aliphatic rings. The minimum absolute atomic E-state index is 0.149. The first kappa shape index (κ1) is 19.7. The molecule has 5 aromatic heterocycles. The van der Waals surface area contributed by atoms with Crippen molar-refractivity contribution in [1.29, 1.82) is 0 Å². The Morgan fingerprint density at radius 2 is 1.97 bits per heavy atom. The van der Waals surface area contributed by atoms with Gasteiger partial charge in [0.2, 0.25) is 11.8 Å². The number of imidazole rings is 1. The second-order valence-electron chi connectivity index (χ2n) is 8.20. The van der Waals surface area contributed by atoms with E-state index in [0.29, 0.717) is 28.6 Å². The molecule has 5 heterocycles. The van der Waals surface area contributed by atoms with Crippen molar-refractivity contribution in [1.82, 2.24) is 39.3 Å². The van der Waals surface area contributed by atoms with Crippen molar-refractivity contribution < 1.29 is 9.13 Å². The Morgan fingerprint density at radius 1 is 1.09 bits per heavy atom. The number of hydrogen-bond donors (Lipinski definition) is 0. The van der Waals surface area contributed by atoms with Crippen LogP contribution in [-0.2, 0) is 6.54 Å². The Morgan fingerprint density at radius 3 is 2.79 bits per heavy atom. The Hall–Kier alpha value is -3.95. The van der Waals surface area contributed by atoms with E-state index in [4.69, 9.17) is 9.72 Å². The van der Waals surface area contributed by atoms with Crippen LogP contribution in [0.5, 0.6) is 5.88 Å². The van der Waals surface area contributed by atoms with Crippen LogP contribution in [0.15, 0.2) is 36.8 Å². The second kappa shape index (κ2) is 7.29. The number of ether oxygens (including phenoxy) is 1. The van der Waals surface area contributed by atoms with Gasteiger partial charge < -0.3 is 4.74 Å². The van der Waals surface area contributed by atoms with Crippen molar-refractivity contribution >= 4 is 16.7 Å². The van der Waals surface area contributed by atoms with Crippen molar-refractivity contribution in [2.24, 2.45) is 0 Å². The number of aromatic nitrogens is 8. The summed E-state index contributed by atoms with van der Waals surface area (Å²) in [6.07, 6.45) is 5.58. The summed E-state index contributed by atoms with van der Waals surface area (Å²) in [7, 11) is 1.54. The van der Waals surface area contributed by atoms with Crippen molar-refractivity contribution in [3.63, 3.8) is 0 Å². The lowest BCUT2D eigenvalue weighted by Crippen LogP contribution is -2.04. The van der Waals surface area contributed by atoms with Crippen molar-refractivity contribution in [2.75, 3.05) is 7.11 Å². The molecule has 1 saturated carbocycles. The highest BCUT2D eigenvalue weighted by Gasteiger charge is 2.43. The van der Waals surface area contributed by atoms with E-state index >= 15 is 0 Å². The number of halogens is 1. The molecule has 0 radical (unpaired) electrons. The van der Waals surface area contributed by atoms with E-state index in [0.717, 1.165) is 35.3 Å². The van der Waals surface area contributed by atoms with Crippen LogP contribution in [0.3, 0.4) is 0 Å². The molecule has 0 spiro atoms. The van der Waals surface area contributed by atoms with Gasteiger partial charge in [0.25, 0.3) is 0 Å². The second-order valence-corrected chi connectivity index (χ2v) is 8.20. The molecule has 0 amide bonds. The minimum Gasteiger partial charge on any atom is -0.480 e. The zero-order valence-electron chi connectivity index (χ0n) is 18.4. The summed E-state index contributed by atoms with van der Waals surface area (Å²) >= 11 is 0. The maximum atomic E-state index is 14.5. The normalized spacial score (nSPS) is 17.7. The number of aryl methyl sites for hydroxylation is 2. The summed E-state index contributed by atoms with van der Waals surface area (Å²) in [4.78, 5) is 17.8. The van der Waals surface area contributed by atoms with E-state index < -0.39 is 5.95 Å². The fourth-order valence-electron chi connectivity index (χ4n) is 4.42. The zero-order chi connectivity index (χ0) is 22.7. The van der Waals surface area contributed by atoms with E-state index in [-0.39, 0.29) is 11.8 Å². The lowest BCUT2D eigenvalue weighted by atomic mass is 10.1. The number of fused-ring (bicyclic) bond motifs is 2. The molecule has 33 heavy (non-hydrogen) atoms. The summed E-state index contributed by atoms with van der Waals surface area (Å²) in [6.45, 7) is 4.59. The van der Waals surface area contributed by atoms with Crippen molar-refractivity contribution in [3.8, 4) is 17.1 Å². The van der Waals surface area contributed by atoms with Gasteiger partial charge in [0, 0.05) is 35.3 Å². The fourth-order valence-corrected chi connectivity index (χ4v) is 4.42. The Labute approximate surface area is 188 Å². The Bertz CT molecular complexity index is 1520. The molecule has 10 heteroatoms. The van der Waals surface area contributed by atoms with Gasteiger partial charge in [0.1, 0.15) is 5.82 Å². The van der Waals surface area contributed by atoms with Crippen molar-refractivity contribution in [3.05, 3.63) is 59.8 Å². The summed E-state index contributed by atoms with van der Waals surface area (Å²) in [5.74, 6) is 0.818. The van der Waals surface area contributed by atoms with Crippen LogP contribution >= 0.6 is 0 Å². The molecule has 0 N–H and O–H groups in total. The predicted molar refractivity (Wildman–Crippen MR) is 119 cm³/mol. The van der Waals surface area contributed by atoms with Crippen LogP contribution in [0.2, 0.25) is 0 Å².